The first-order valence-electron chi connectivity index (χ1n) is 4.73. The van der Waals surface area contributed by atoms with E-state index < -0.39 is 18.0 Å². The van der Waals surface area contributed by atoms with Gasteiger partial charge in [-0.15, -0.1) is 0 Å². The van der Waals surface area contributed by atoms with Crippen LogP contribution < -0.4 is 0 Å². The Morgan fingerprint density at radius 2 is 1.94 bits per heavy atom. The maximum Gasteiger partial charge on any atom is 0.349 e. The van der Waals surface area contributed by atoms with Crippen LogP contribution in [0.25, 0.3) is 6.08 Å². The summed E-state index contributed by atoms with van der Waals surface area (Å²) in [6, 6.07) is 9.17. The molecule has 0 aliphatic carbocycles. The Hall–Kier alpha value is -2.10. The lowest BCUT2D eigenvalue weighted by Gasteiger charge is -2.07. The van der Waals surface area contributed by atoms with Crippen molar-refractivity contribution >= 4 is 18.0 Å². The maximum absolute atomic E-state index is 10.7. The van der Waals surface area contributed by atoms with Crippen molar-refractivity contribution in [2.24, 2.45) is 0 Å². The molecule has 0 fully saturated rings. The molecular formula is C12H12O4. The van der Waals surface area contributed by atoms with Gasteiger partial charge in [0.25, 0.3) is 0 Å². The summed E-state index contributed by atoms with van der Waals surface area (Å²) in [4.78, 5) is 21.4. The van der Waals surface area contributed by atoms with Crippen LogP contribution in [-0.4, -0.2) is 23.1 Å². The lowest BCUT2D eigenvalue weighted by Crippen LogP contribution is -2.23. The molecule has 1 rings (SSSR count). The molecule has 0 radical (unpaired) electrons. The first-order valence-corrected chi connectivity index (χ1v) is 4.73. The predicted octanol–water partition coefficient (Wildman–Crippen LogP) is 1.72. The number of carboxylic acids is 1. The summed E-state index contributed by atoms with van der Waals surface area (Å²) in [6.07, 6.45) is 1.69. The van der Waals surface area contributed by atoms with E-state index in [1.165, 1.54) is 13.0 Å². The molecule has 1 aromatic rings. The van der Waals surface area contributed by atoms with E-state index in [1.54, 1.807) is 6.08 Å². The number of rotatable bonds is 4. The van der Waals surface area contributed by atoms with Gasteiger partial charge in [-0.1, -0.05) is 36.4 Å². The third-order valence-corrected chi connectivity index (χ3v) is 1.80. The first kappa shape index (κ1) is 12.0. The number of benzene rings is 1. The van der Waals surface area contributed by atoms with Gasteiger partial charge in [0.05, 0.1) is 0 Å². The SMILES string of the molecule is CC(=O)OC(/C=C/c1ccccc1)C(=O)O. The Labute approximate surface area is 93.2 Å². The van der Waals surface area contributed by atoms with Crippen LogP contribution in [0, 0.1) is 0 Å². The average molecular weight is 220 g/mol. The fourth-order valence-electron chi connectivity index (χ4n) is 1.11. The molecule has 0 aromatic heterocycles. The highest BCUT2D eigenvalue weighted by Gasteiger charge is 2.16. The second-order valence-electron chi connectivity index (χ2n) is 3.14. The molecule has 0 amide bonds. The normalized spacial score (nSPS) is 12.3. The van der Waals surface area contributed by atoms with Crippen molar-refractivity contribution in [1.82, 2.24) is 0 Å². The van der Waals surface area contributed by atoms with Gasteiger partial charge in [-0.2, -0.15) is 0 Å². The minimum absolute atomic E-state index is 0.620. The summed E-state index contributed by atoms with van der Waals surface area (Å²) in [5.74, 6) is -1.81. The predicted molar refractivity (Wildman–Crippen MR) is 58.7 cm³/mol. The minimum atomic E-state index is -1.24. The molecular weight excluding hydrogens is 208 g/mol. The van der Waals surface area contributed by atoms with Gasteiger partial charge < -0.3 is 9.84 Å². The third-order valence-electron chi connectivity index (χ3n) is 1.80. The number of aliphatic carboxylic acids is 1. The first-order chi connectivity index (χ1) is 7.59. The molecule has 84 valence electrons. The fraction of sp³-hybridized carbons (Fsp3) is 0.167. The number of ether oxygens (including phenoxy) is 1. The van der Waals surface area contributed by atoms with E-state index in [1.807, 2.05) is 30.3 Å². The number of hydrogen-bond acceptors (Lipinski definition) is 3. The van der Waals surface area contributed by atoms with E-state index in [0.29, 0.717) is 0 Å². The number of carbonyl (C=O) groups excluding carboxylic acids is 1. The van der Waals surface area contributed by atoms with E-state index in [0.717, 1.165) is 5.56 Å². The van der Waals surface area contributed by atoms with Gasteiger partial charge in [-0.3, -0.25) is 4.79 Å². The van der Waals surface area contributed by atoms with Crippen molar-refractivity contribution in [3.63, 3.8) is 0 Å². The van der Waals surface area contributed by atoms with Crippen LogP contribution in [0.4, 0.5) is 0 Å². The van der Waals surface area contributed by atoms with E-state index in [9.17, 15) is 9.59 Å². The van der Waals surface area contributed by atoms with Gasteiger partial charge in [0.15, 0.2) is 0 Å². The van der Waals surface area contributed by atoms with E-state index in [4.69, 9.17) is 5.11 Å². The van der Waals surface area contributed by atoms with Gasteiger partial charge in [-0.05, 0) is 11.6 Å². The average Bonchev–Trinajstić information content (AvgIpc) is 2.25. The zero-order valence-corrected chi connectivity index (χ0v) is 8.79. The van der Waals surface area contributed by atoms with Crippen LogP contribution in [0.5, 0.6) is 0 Å². The van der Waals surface area contributed by atoms with E-state index >= 15 is 0 Å². The summed E-state index contributed by atoms with van der Waals surface area (Å²) in [7, 11) is 0. The van der Waals surface area contributed by atoms with Crippen LogP contribution in [0.1, 0.15) is 12.5 Å². The lowest BCUT2D eigenvalue weighted by molar-refractivity contribution is -0.158. The van der Waals surface area contributed by atoms with Crippen LogP contribution in [0.15, 0.2) is 36.4 Å². The monoisotopic (exact) mass is 220 g/mol. The molecule has 0 saturated carbocycles. The molecule has 1 N–H and O–H groups in total. The Bertz CT molecular complexity index is 395. The van der Waals surface area contributed by atoms with Crippen LogP contribution in [0.2, 0.25) is 0 Å². The number of carbonyl (C=O) groups is 2. The number of esters is 1. The quantitative estimate of drug-likeness (QED) is 0.784. The van der Waals surface area contributed by atoms with Gasteiger partial charge in [0.1, 0.15) is 0 Å². The van der Waals surface area contributed by atoms with Crippen molar-refractivity contribution in [3.05, 3.63) is 42.0 Å². The second kappa shape index (κ2) is 5.70. The van der Waals surface area contributed by atoms with Gasteiger partial charge >= 0.3 is 11.9 Å². The molecule has 1 atom stereocenters. The molecule has 0 saturated heterocycles. The lowest BCUT2D eigenvalue weighted by atomic mass is 10.2. The zero-order valence-electron chi connectivity index (χ0n) is 8.79. The molecule has 16 heavy (non-hydrogen) atoms. The molecule has 0 bridgehead atoms. The Balaban J connectivity index is 2.72. The van der Waals surface area contributed by atoms with Crippen molar-refractivity contribution in [2.45, 2.75) is 13.0 Å². The molecule has 4 heteroatoms. The van der Waals surface area contributed by atoms with Crippen LogP contribution >= 0.6 is 0 Å². The second-order valence-corrected chi connectivity index (χ2v) is 3.14. The van der Waals surface area contributed by atoms with Crippen LogP contribution in [0.3, 0.4) is 0 Å². The smallest absolute Gasteiger partial charge is 0.349 e. The van der Waals surface area contributed by atoms with E-state index in [-0.39, 0.29) is 0 Å². The summed E-state index contributed by atoms with van der Waals surface area (Å²) < 4.78 is 4.61. The minimum Gasteiger partial charge on any atom is -0.478 e. The Morgan fingerprint density at radius 3 is 2.44 bits per heavy atom. The standard InChI is InChI=1S/C12H12O4/c1-9(13)16-11(12(14)15)8-7-10-5-3-2-4-6-10/h2-8,11H,1H3,(H,14,15)/b8-7+. The third kappa shape index (κ3) is 3.96. The molecule has 0 aliphatic heterocycles. The van der Waals surface area contributed by atoms with Gasteiger partial charge in [0, 0.05) is 6.92 Å². The zero-order chi connectivity index (χ0) is 12.0. The van der Waals surface area contributed by atoms with Crippen molar-refractivity contribution < 1.29 is 19.4 Å². The highest BCUT2D eigenvalue weighted by atomic mass is 16.6. The fourth-order valence-corrected chi connectivity index (χ4v) is 1.11. The number of carboxylic acid groups (broad SMARTS) is 1. The highest BCUT2D eigenvalue weighted by molar-refractivity contribution is 5.80. The summed E-state index contributed by atoms with van der Waals surface area (Å²) in [5.41, 5.74) is 0.848. The maximum atomic E-state index is 10.7. The molecule has 1 aromatic carbocycles. The Kier molecular flexibility index (Phi) is 4.27. The summed E-state index contributed by atoms with van der Waals surface area (Å²) >= 11 is 0. The van der Waals surface area contributed by atoms with Crippen molar-refractivity contribution in [1.29, 1.82) is 0 Å². The molecule has 0 spiro atoms. The molecule has 0 aliphatic rings. The topological polar surface area (TPSA) is 63.6 Å². The molecule has 4 nitrogen and oxygen atoms in total. The van der Waals surface area contributed by atoms with Crippen LogP contribution in [-0.2, 0) is 14.3 Å². The summed E-state index contributed by atoms with van der Waals surface area (Å²) in [5, 5.41) is 8.77. The number of hydrogen-bond donors (Lipinski definition) is 1. The van der Waals surface area contributed by atoms with Crippen molar-refractivity contribution in [2.75, 3.05) is 0 Å². The highest BCUT2D eigenvalue weighted by Crippen LogP contribution is 2.04. The molecule has 0 heterocycles. The largest absolute Gasteiger partial charge is 0.478 e. The molecule has 1 unspecified atom stereocenters. The van der Waals surface area contributed by atoms with E-state index in [2.05, 4.69) is 4.74 Å². The van der Waals surface area contributed by atoms with Gasteiger partial charge in [0.2, 0.25) is 6.10 Å². The Morgan fingerprint density at radius 1 is 1.31 bits per heavy atom. The van der Waals surface area contributed by atoms with Gasteiger partial charge in [-0.25, -0.2) is 4.79 Å². The summed E-state index contributed by atoms with van der Waals surface area (Å²) in [6.45, 7) is 1.17. The van der Waals surface area contributed by atoms with Crippen molar-refractivity contribution in [3.8, 4) is 0 Å².